The van der Waals surface area contributed by atoms with Gasteiger partial charge >= 0.3 is 0 Å². The Morgan fingerprint density at radius 2 is 1.53 bits per heavy atom. The van der Waals surface area contributed by atoms with E-state index in [-0.39, 0.29) is 44.7 Å². The van der Waals surface area contributed by atoms with E-state index in [1.54, 1.807) is 0 Å². The maximum atomic E-state index is 13.7. The number of likely N-dealkylation sites (tertiary alicyclic amines) is 1. The highest BCUT2D eigenvalue weighted by atomic mass is 16.3. The van der Waals surface area contributed by atoms with Crippen molar-refractivity contribution in [1.82, 2.24) is 51.4 Å². The Kier molecular flexibility index (Phi) is 19.2. The van der Waals surface area contributed by atoms with Crippen molar-refractivity contribution in [3.8, 4) is 0 Å². The molecular formula is C35H57N15O8. The number of carbonyl (C=O) groups excluding carboxylic acids is 7. The number of aromatic nitrogens is 4. The number of rotatable bonds is 25. The van der Waals surface area contributed by atoms with Gasteiger partial charge < -0.3 is 74.3 Å². The number of guanidine groups is 1. The summed E-state index contributed by atoms with van der Waals surface area (Å²) in [7, 11) is 0. The lowest BCUT2D eigenvalue weighted by Gasteiger charge is -2.30. The summed E-state index contributed by atoms with van der Waals surface area (Å²) >= 11 is 0. The van der Waals surface area contributed by atoms with E-state index in [1.165, 1.54) is 36.9 Å². The molecule has 0 spiro atoms. The van der Waals surface area contributed by atoms with Crippen molar-refractivity contribution in [2.45, 2.75) is 107 Å². The fourth-order valence-electron chi connectivity index (χ4n) is 6.20. The molecule has 2 aromatic rings. The Labute approximate surface area is 335 Å². The van der Waals surface area contributed by atoms with Gasteiger partial charge in [-0.2, -0.15) is 0 Å². The zero-order chi connectivity index (χ0) is 42.6. The summed E-state index contributed by atoms with van der Waals surface area (Å²) in [6.07, 6.45) is 9.17. The zero-order valence-electron chi connectivity index (χ0n) is 32.5. The monoisotopic (exact) mass is 815 g/mol. The van der Waals surface area contributed by atoms with Crippen molar-refractivity contribution in [1.29, 1.82) is 0 Å². The number of aldehydes is 1. The number of nitrogens with two attached hydrogens (primary N) is 4. The van der Waals surface area contributed by atoms with E-state index >= 15 is 0 Å². The Morgan fingerprint density at radius 3 is 2.14 bits per heavy atom. The van der Waals surface area contributed by atoms with Gasteiger partial charge in [-0.3, -0.25) is 33.8 Å². The molecule has 0 radical (unpaired) electrons. The predicted octanol–water partition coefficient (Wildman–Crippen LogP) is -4.95. The van der Waals surface area contributed by atoms with Crippen LogP contribution < -0.4 is 49.5 Å². The SMILES string of the molecule is C[C@H](NC(=O)[C@H](Cc1cnc[nH]1)NC(=O)[C@@H](N)Cc1cnc[nH]1)C(=O)N[C@@H](CO)C(=O)N1CCC[C@H]1C(=O)N[C@@H](CCCN=C(N)N)C(=O)N[C@H](C=O)CCCCN. The topological polar surface area (TPSA) is 377 Å². The number of nitrogens with one attached hydrogen (secondary N) is 7. The average Bonchev–Trinajstić information content (AvgIpc) is 4.01. The number of H-pyrrole nitrogens is 2. The minimum atomic E-state index is -1.50. The van der Waals surface area contributed by atoms with E-state index in [9.17, 15) is 38.7 Å². The molecule has 58 heavy (non-hydrogen) atoms. The Balaban J connectivity index is 1.65. The highest BCUT2D eigenvalue weighted by Crippen LogP contribution is 2.19. The molecule has 7 atom stereocenters. The third-order valence-electron chi connectivity index (χ3n) is 9.37. The highest BCUT2D eigenvalue weighted by Gasteiger charge is 2.39. The summed E-state index contributed by atoms with van der Waals surface area (Å²) in [5.41, 5.74) is 23.5. The van der Waals surface area contributed by atoms with Gasteiger partial charge in [-0.1, -0.05) is 0 Å². The average molecular weight is 816 g/mol. The Hall–Kier alpha value is -5.94. The van der Waals surface area contributed by atoms with Crippen LogP contribution in [-0.2, 0) is 46.4 Å². The predicted molar refractivity (Wildman–Crippen MR) is 209 cm³/mol. The first kappa shape index (κ1) is 46.4. The number of nitrogens with zero attached hydrogens (tertiary/aromatic N) is 4. The summed E-state index contributed by atoms with van der Waals surface area (Å²) in [4.78, 5) is 111. The molecule has 0 saturated carbocycles. The number of aliphatic hydroxyl groups excluding tert-OH is 1. The number of carbonyl (C=O) groups is 7. The molecule has 320 valence electrons. The van der Waals surface area contributed by atoms with Gasteiger partial charge in [-0.05, 0) is 58.4 Å². The maximum Gasteiger partial charge on any atom is 0.248 e. The van der Waals surface area contributed by atoms with E-state index in [2.05, 4.69) is 51.5 Å². The van der Waals surface area contributed by atoms with Crippen LogP contribution in [0.25, 0.3) is 0 Å². The summed E-state index contributed by atoms with van der Waals surface area (Å²) in [5, 5.41) is 23.1. The molecule has 0 aliphatic carbocycles. The highest BCUT2D eigenvalue weighted by molar-refractivity contribution is 5.97. The summed E-state index contributed by atoms with van der Waals surface area (Å²) in [6, 6.07) is -7.94. The number of hydrogen-bond donors (Lipinski definition) is 12. The molecule has 1 aliphatic rings. The van der Waals surface area contributed by atoms with Gasteiger partial charge in [0.05, 0.1) is 31.3 Å². The first-order chi connectivity index (χ1) is 27.8. The van der Waals surface area contributed by atoms with Gasteiger partial charge in [0.1, 0.15) is 36.5 Å². The lowest BCUT2D eigenvalue weighted by Crippen LogP contribution is -2.60. The van der Waals surface area contributed by atoms with Crippen molar-refractivity contribution in [3.05, 3.63) is 36.4 Å². The molecule has 3 heterocycles. The number of unbranched alkanes of at least 4 members (excludes halogenated alkanes) is 1. The van der Waals surface area contributed by atoms with Gasteiger partial charge in [-0.15, -0.1) is 0 Å². The van der Waals surface area contributed by atoms with Crippen molar-refractivity contribution < 1.29 is 38.7 Å². The third-order valence-corrected chi connectivity index (χ3v) is 9.37. The molecule has 3 rings (SSSR count). The number of aliphatic hydroxyl groups is 1. The van der Waals surface area contributed by atoms with Crippen LogP contribution in [-0.4, -0.2) is 146 Å². The summed E-state index contributed by atoms with van der Waals surface area (Å²) in [5.74, 6) is -4.39. The normalized spacial score (nSPS) is 16.8. The van der Waals surface area contributed by atoms with E-state index in [1.807, 2.05) is 0 Å². The largest absolute Gasteiger partial charge is 0.394 e. The molecular weight excluding hydrogens is 758 g/mol. The van der Waals surface area contributed by atoms with Crippen molar-refractivity contribution in [2.24, 2.45) is 27.9 Å². The number of imidazole rings is 2. The molecule has 1 saturated heterocycles. The van der Waals surface area contributed by atoms with Crippen molar-refractivity contribution in [3.63, 3.8) is 0 Å². The smallest absolute Gasteiger partial charge is 0.248 e. The van der Waals surface area contributed by atoms with Gasteiger partial charge in [0.15, 0.2) is 5.96 Å². The molecule has 0 bridgehead atoms. The Bertz CT molecular complexity index is 1670. The van der Waals surface area contributed by atoms with Crippen LogP contribution in [0.2, 0.25) is 0 Å². The quantitative estimate of drug-likeness (QED) is 0.0193. The second-order valence-electron chi connectivity index (χ2n) is 13.9. The van der Waals surface area contributed by atoms with E-state index in [0.29, 0.717) is 56.3 Å². The number of aromatic amines is 2. The Morgan fingerprint density at radius 1 is 0.879 bits per heavy atom. The van der Waals surface area contributed by atoms with Gasteiger partial charge in [0.2, 0.25) is 35.4 Å². The first-order valence-electron chi connectivity index (χ1n) is 19.1. The first-order valence-corrected chi connectivity index (χ1v) is 19.1. The lowest BCUT2D eigenvalue weighted by molar-refractivity contribution is -0.143. The minimum Gasteiger partial charge on any atom is -0.394 e. The fraction of sp³-hybridized carbons (Fsp3) is 0.600. The van der Waals surface area contributed by atoms with E-state index in [0.717, 1.165) is 0 Å². The molecule has 23 heteroatoms. The van der Waals surface area contributed by atoms with Crippen molar-refractivity contribution >= 4 is 47.7 Å². The minimum absolute atomic E-state index is 0.0237. The number of aliphatic imine (C=N–C) groups is 1. The summed E-state index contributed by atoms with van der Waals surface area (Å²) in [6.45, 7) is 1.22. The maximum absolute atomic E-state index is 13.7. The van der Waals surface area contributed by atoms with Crippen LogP contribution in [0.4, 0.5) is 0 Å². The summed E-state index contributed by atoms with van der Waals surface area (Å²) < 4.78 is 0. The van der Waals surface area contributed by atoms with Crippen LogP contribution in [0.1, 0.15) is 63.3 Å². The van der Waals surface area contributed by atoms with Gasteiger partial charge in [0.25, 0.3) is 0 Å². The number of amides is 6. The number of hydrogen-bond acceptors (Lipinski definition) is 13. The molecule has 6 amide bonds. The molecule has 2 aromatic heterocycles. The van der Waals surface area contributed by atoms with Crippen LogP contribution in [0, 0.1) is 0 Å². The van der Waals surface area contributed by atoms with Crippen LogP contribution in [0.15, 0.2) is 30.0 Å². The molecule has 1 aliphatic heterocycles. The third kappa shape index (κ3) is 14.9. The van der Waals surface area contributed by atoms with Crippen LogP contribution >= 0.6 is 0 Å². The second-order valence-corrected chi connectivity index (χ2v) is 13.9. The molecule has 0 aromatic carbocycles. The second kappa shape index (κ2) is 24.0. The molecule has 23 nitrogen and oxygen atoms in total. The fourth-order valence-corrected chi connectivity index (χ4v) is 6.20. The molecule has 16 N–H and O–H groups in total. The van der Waals surface area contributed by atoms with E-state index in [4.69, 9.17) is 22.9 Å². The lowest BCUT2D eigenvalue weighted by atomic mass is 10.1. The van der Waals surface area contributed by atoms with E-state index < -0.39 is 84.3 Å². The van der Waals surface area contributed by atoms with Gasteiger partial charge in [-0.25, -0.2) is 9.97 Å². The van der Waals surface area contributed by atoms with Gasteiger partial charge in [0, 0.05) is 49.7 Å². The van der Waals surface area contributed by atoms with Crippen LogP contribution in [0.5, 0.6) is 0 Å². The molecule has 0 unspecified atom stereocenters. The molecule has 1 fully saturated rings. The zero-order valence-corrected chi connectivity index (χ0v) is 32.5. The standard InChI is InChI=1S/C35H57N15O8/c1-20(45-32(56)26(13-23-15-41-19-44-23)48-30(54)24(37)12-22-14-40-18-43-22)29(53)49-27(17-52)34(58)50-11-5-8-28(50)33(57)47-25(7-4-10-42-35(38)39)31(55)46-21(16-51)6-2-3-9-36/h14-16,18-21,24-28,52H,2-13,17,36-37H2,1H3,(H,40,43)(H,41,44)(H,45,56)(H,46,55)(H,47,57)(H,48,54)(H,49,53)(H4,38,39,42)/t20-,21-,24-,25-,26-,27-,28-/m0/s1. The van der Waals surface area contributed by atoms with Crippen LogP contribution in [0.3, 0.4) is 0 Å². The van der Waals surface area contributed by atoms with Crippen molar-refractivity contribution in [2.75, 3.05) is 26.2 Å².